The molecule has 12 nitrogen and oxygen atoms in total. The Bertz CT molecular complexity index is 2050. The number of aliphatic hydroxyl groups is 1. The molecule has 2 bridgehead atoms. The van der Waals surface area contributed by atoms with E-state index in [1.807, 2.05) is 47.4 Å². The summed E-state index contributed by atoms with van der Waals surface area (Å²) in [6.45, 7) is 5.34. The van der Waals surface area contributed by atoms with E-state index in [-0.39, 0.29) is 41.7 Å². The molecule has 12 heteroatoms. The molecule has 2 amide bonds. The van der Waals surface area contributed by atoms with Gasteiger partial charge in [-0.15, -0.1) is 0 Å². The molecular weight excluding hydrogens is 711 g/mol. The van der Waals surface area contributed by atoms with Crippen LogP contribution < -0.4 is 10.9 Å². The number of aryl methyl sites for hydroxylation is 1. The minimum absolute atomic E-state index is 0.0565. The molecule has 4 aliphatic heterocycles. The molecule has 56 heavy (non-hydrogen) atoms. The predicted octanol–water partition coefficient (Wildman–Crippen LogP) is 4.15. The van der Waals surface area contributed by atoms with Crippen LogP contribution in [0.2, 0.25) is 0 Å². The topological polar surface area (TPSA) is 156 Å². The lowest BCUT2D eigenvalue weighted by atomic mass is 9.72. The molecule has 3 aromatic carbocycles. The molecule has 2 atom stereocenters. The van der Waals surface area contributed by atoms with Gasteiger partial charge in [-0.25, -0.2) is 0 Å². The maximum atomic E-state index is 14.0. The Morgan fingerprint density at radius 2 is 1.70 bits per heavy atom. The first-order chi connectivity index (χ1) is 27.1. The first-order valence-electron chi connectivity index (χ1n) is 20.0. The quantitative estimate of drug-likeness (QED) is 0.110. The number of nitrogens with one attached hydrogen (secondary N) is 2. The summed E-state index contributed by atoms with van der Waals surface area (Å²) in [5.74, 6) is 0.192. The number of H-pyrrole nitrogens is 1. The Morgan fingerprint density at radius 3 is 2.39 bits per heavy atom. The van der Waals surface area contributed by atoms with Crippen molar-refractivity contribution in [3.63, 3.8) is 0 Å². The number of ether oxygens (including phenoxy) is 1. The highest BCUT2D eigenvalue weighted by Crippen LogP contribution is 2.39. The Kier molecular flexibility index (Phi) is 12.2. The van der Waals surface area contributed by atoms with Gasteiger partial charge < -0.3 is 35.1 Å². The molecule has 0 spiro atoms. The Balaban J connectivity index is 0.844. The Labute approximate surface area is 327 Å². The van der Waals surface area contributed by atoms with Crippen molar-refractivity contribution >= 4 is 28.7 Å². The van der Waals surface area contributed by atoms with E-state index in [1.54, 1.807) is 36.2 Å². The molecule has 4 saturated heterocycles. The van der Waals surface area contributed by atoms with Crippen molar-refractivity contribution in [2.24, 2.45) is 5.92 Å². The minimum Gasteiger partial charge on any atom is -0.506 e. The zero-order valence-corrected chi connectivity index (χ0v) is 32.1. The predicted molar refractivity (Wildman–Crippen MR) is 213 cm³/mol. The summed E-state index contributed by atoms with van der Waals surface area (Å²) < 4.78 is 6.30. The first kappa shape index (κ1) is 39.2. The number of aliphatic hydroxyl groups excluding tert-OH is 1. The fraction of sp³-hybridized carbons (Fsp3) is 0.455. The maximum absolute atomic E-state index is 14.0. The number of phenolic OH excluding ortho intramolecular Hbond substituents is 1. The van der Waals surface area contributed by atoms with Gasteiger partial charge in [0.25, 0.3) is 5.91 Å². The number of aromatic hydroxyl groups is 1. The third-order valence-corrected chi connectivity index (χ3v) is 12.2. The highest BCUT2D eigenvalue weighted by Gasteiger charge is 2.47. The van der Waals surface area contributed by atoms with Gasteiger partial charge in [-0.2, -0.15) is 0 Å². The number of likely N-dealkylation sites (tertiary alicyclic amines) is 1. The number of carbonyl (C=O) groups is 3. The van der Waals surface area contributed by atoms with Gasteiger partial charge in [-0.3, -0.25) is 24.1 Å². The number of nitrogens with zero attached hydrogens (tertiary/aromatic N) is 3. The molecule has 8 rings (SSSR count). The van der Waals surface area contributed by atoms with E-state index >= 15 is 0 Å². The Morgan fingerprint density at radius 1 is 0.964 bits per heavy atom. The average Bonchev–Trinajstić information content (AvgIpc) is 3.23. The summed E-state index contributed by atoms with van der Waals surface area (Å²) in [7, 11) is 1.76. The number of pyridine rings is 1. The van der Waals surface area contributed by atoms with Gasteiger partial charge in [0, 0.05) is 63.2 Å². The zero-order valence-electron chi connectivity index (χ0n) is 32.1. The van der Waals surface area contributed by atoms with E-state index in [9.17, 15) is 29.4 Å². The summed E-state index contributed by atoms with van der Waals surface area (Å²) in [5, 5.41) is 24.7. The molecule has 0 radical (unpaired) electrons. The summed E-state index contributed by atoms with van der Waals surface area (Å²) in [6.07, 6.45) is 3.89. The fourth-order valence-electron chi connectivity index (χ4n) is 8.69. The lowest BCUT2D eigenvalue weighted by Crippen LogP contribution is -2.55. The number of amides is 2. The summed E-state index contributed by atoms with van der Waals surface area (Å²) in [4.78, 5) is 60.7. The van der Waals surface area contributed by atoms with Crippen molar-refractivity contribution < 1.29 is 29.3 Å². The van der Waals surface area contributed by atoms with E-state index in [1.165, 1.54) is 12.1 Å². The largest absolute Gasteiger partial charge is 0.506 e. The second-order valence-electron chi connectivity index (χ2n) is 15.7. The van der Waals surface area contributed by atoms with Crippen LogP contribution in [0.5, 0.6) is 5.75 Å². The summed E-state index contributed by atoms with van der Waals surface area (Å²) in [6, 6.07) is 23.4. The van der Waals surface area contributed by atoms with E-state index in [0.717, 1.165) is 43.6 Å². The van der Waals surface area contributed by atoms with Gasteiger partial charge in [0.1, 0.15) is 11.9 Å². The van der Waals surface area contributed by atoms with Gasteiger partial charge in [-0.1, -0.05) is 48.5 Å². The first-order valence-corrected chi connectivity index (χ1v) is 20.0. The smallest absolute Gasteiger partial charge is 0.317 e. The highest BCUT2D eigenvalue weighted by atomic mass is 16.5. The van der Waals surface area contributed by atoms with Gasteiger partial charge in [-0.05, 0) is 105 Å². The highest BCUT2D eigenvalue weighted by molar-refractivity contribution is 5.94. The van der Waals surface area contributed by atoms with Crippen molar-refractivity contribution in [2.75, 3.05) is 59.4 Å². The van der Waals surface area contributed by atoms with E-state index in [2.05, 4.69) is 15.2 Å². The molecule has 0 saturated carbocycles. The summed E-state index contributed by atoms with van der Waals surface area (Å²) in [5.41, 5.74) is 2.31. The molecule has 4 N–H and O–H groups in total. The molecule has 4 fully saturated rings. The van der Waals surface area contributed by atoms with Crippen molar-refractivity contribution in [3.05, 3.63) is 111 Å². The molecule has 0 aliphatic carbocycles. The Hall–Kier alpha value is -5.04. The normalized spacial score (nSPS) is 20.8. The third-order valence-electron chi connectivity index (χ3n) is 12.2. The number of hydrogen-bond donors (Lipinski definition) is 4. The summed E-state index contributed by atoms with van der Waals surface area (Å²) >= 11 is 0. The number of esters is 1. The van der Waals surface area contributed by atoms with Crippen LogP contribution in [0.25, 0.3) is 10.9 Å². The van der Waals surface area contributed by atoms with Crippen LogP contribution in [-0.4, -0.2) is 113 Å². The average molecular weight is 764 g/mol. The zero-order chi connectivity index (χ0) is 39.2. The molecule has 4 aromatic rings. The molecule has 296 valence electrons. The van der Waals surface area contributed by atoms with Gasteiger partial charge in [0.2, 0.25) is 11.5 Å². The number of fused-ring (bicyclic) bond motifs is 4. The number of aromatic amines is 1. The van der Waals surface area contributed by atoms with Crippen molar-refractivity contribution in [1.82, 2.24) is 25.0 Å². The number of rotatable bonds is 14. The molecule has 4 aliphatic rings. The van der Waals surface area contributed by atoms with Gasteiger partial charge in [0.05, 0.1) is 17.0 Å². The number of carbonyl (C=O) groups excluding carboxylic acids is 3. The van der Waals surface area contributed by atoms with Crippen LogP contribution in [0.15, 0.2) is 83.7 Å². The number of hydrogen-bond acceptors (Lipinski definition) is 9. The van der Waals surface area contributed by atoms with Crippen LogP contribution in [0.4, 0.5) is 0 Å². The van der Waals surface area contributed by atoms with Crippen LogP contribution in [0.3, 0.4) is 0 Å². The monoisotopic (exact) mass is 763 g/mol. The van der Waals surface area contributed by atoms with E-state index < -0.39 is 11.5 Å². The lowest BCUT2D eigenvalue weighted by molar-refractivity contribution is -0.168. The molecule has 0 unspecified atom stereocenters. The van der Waals surface area contributed by atoms with Crippen LogP contribution in [0.1, 0.15) is 71.7 Å². The van der Waals surface area contributed by atoms with Gasteiger partial charge in [0.15, 0.2) is 0 Å². The van der Waals surface area contributed by atoms with Crippen LogP contribution >= 0.6 is 0 Å². The van der Waals surface area contributed by atoms with Crippen molar-refractivity contribution in [1.29, 1.82) is 0 Å². The van der Waals surface area contributed by atoms with Crippen LogP contribution in [-0.2, 0) is 26.2 Å². The van der Waals surface area contributed by atoms with Crippen LogP contribution in [0, 0.1) is 5.92 Å². The lowest BCUT2D eigenvalue weighted by Gasteiger charge is -2.46. The number of benzene rings is 3. The van der Waals surface area contributed by atoms with E-state index in [4.69, 9.17) is 4.74 Å². The third kappa shape index (κ3) is 8.67. The minimum atomic E-state index is -0.855. The standard InChI is InChI=1S/C44H53N5O7/c1-47(23-5-22-45-28-37(51)34-13-15-36(50)41-35(34)14-16-39(52)46-41)42(54)32-11-8-30(9-12-32)10-17-40(53)49-26-20-44(21-27-49,33-6-3-2-4-7-33)43(55)56-38-29-48-24-18-31(38)19-25-48/h2-4,6-9,11-16,31,37-38,45,50-51H,5,10,17-29H2,1H3,(H,46,52)/t37-,38-/m0/s1. The molecule has 5 heterocycles. The SMILES string of the molecule is CN(CCCNC[C@H](O)c1ccc(O)c2[nH]c(=O)ccc12)C(=O)c1ccc(CCC(=O)N2CCC(C(=O)O[C@H]3CN4CCC3CC4)(c3ccccc3)CC2)cc1. The van der Waals surface area contributed by atoms with Crippen molar-refractivity contribution in [3.8, 4) is 5.75 Å². The maximum Gasteiger partial charge on any atom is 0.317 e. The fourth-order valence-corrected chi connectivity index (χ4v) is 8.69. The van der Waals surface area contributed by atoms with Gasteiger partial charge >= 0.3 is 5.97 Å². The van der Waals surface area contributed by atoms with Crippen molar-refractivity contribution in [2.45, 2.75) is 62.6 Å². The second kappa shape index (κ2) is 17.4. The number of aromatic nitrogens is 1. The number of phenols is 1. The molecular formula is C44H53N5O7. The van der Waals surface area contributed by atoms with E-state index in [0.29, 0.717) is 86.2 Å². The second-order valence-corrected chi connectivity index (χ2v) is 15.7. The number of piperidine rings is 4. The molecule has 1 aromatic heterocycles.